The summed E-state index contributed by atoms with van der Waals surface area (Å²) in [7, 11) is 1.68. The third kappa shape index (κ3) is 7.55. The fourth-order valence-corrected chi connectivity index (χ4v) is 0.833. The van der Waals surface area contributed by atoms with Crippen molar-refractivity contribution in [1.82, 2.24) is 5.32 Å². The van der Waals surface area contributed by atoms with Crippen LogP contribution in [0.4, 0.5) is 0 Å². The zero-order valence-electron chi connectivity index (χ0n) is 8.29. The summed E-state index contributed by atoms with van der Waals surface area (Å²) in [5.41, 5.74) is 5.29. The number of ether oxygens (including phenoxy) is 1. The number of methoxy groups -OCH3 is 1. The second-order valence-electron chi connectivity index (χ2n) is 2.95. The monoisotopic (exact) mass is 189 g/mol. The molecular weight excluding hydrogens is 170 g/mol. The largest absolute Gasteiger partial charge is 0.409 e. The van der Waals surface area contributed by atoms with Crippen LogP contribution < -0.4 is 11.1 Å². The first-order chi connectivity index (χ1) is 6.20. The minimum absolute atomic E-state index is 0.226. The lowest BCUT2D eigenvalue weighted by Crippen LogP contribution is -2.27. The van der Waals surface area contributed by atoms with Crippen LogP contribution in [0.15, 0.2) is 5.16 Å². The molecule has 0 saturated heterocycles. The minimum Gasteiger partial charge on any atom is -0.409 e. The number of nitrogens with two attached hydrogens (primary N) is 1. The number of rotatable bonds is 7. The van der Waals surface area contributed by atoms with Crippen molar-refractivity contribution in [1.29, 1.82) is 0 Å². The van der Waals surface area contributed by atoms with Gasteiger partial charge in [-0.05, 0) is 19.9 Å². The maximum absolute atomic E-state index is 8.24. The van der Waals surface area contributed by atoms with Crippen molar-refractivity contribution in [3.05, 3.63) is 0 Å². The van der Waals surface area contributed by atoms with Gasteiger partial charge in [-0.15, -0.1) is 0 Å². The summed E-state index contributed by atoms with van der Waals surface area (Å²) >= 11 is 0. The molecule has 0 aliphatic heterocycles. The van der Waals surface area contributed by atoms with Crippen molar-refractivity contribution in [3.63, 3.8) is 0 Å². The van der Waals surface area contributed by atoms with Crippen molar-refractivity contribution < 1.29 is 9.94 Å². The van der Waals surface area contributed by atoms with E-state index in [1.165, 1.54) is 0 Å². The number of nitrogens with zero attached hydrogens (tertiary/aromatic N) is 1. The first-order valence-corrected chi connectivity index (χ1v) is 4.40. The quantitative estimate of drug-likeness (QED) is 0.175. The summed E-state index contributed by atoms with van der Waals surface area (Å²) in [6.45, 7) is 3.67. The molecule has 0 bridgehead atoms. The van der Waals surface area contributed by atoms with Crippen LogP contribution in [0.5, 0.6) is 0 Å². The Bertz CT molecular complexity index is 150. The van der Waals surface area contributed by atoms with Gasteiger partial charge in [-0.2, -0.15) is 0 Å². The second kappa shape index (κ2) is 7.82. The van der Waals surface area contributed by atoms with Gasteiger partial charge >= 0.3 is 0 Å². The van der Waals surface area contributed by atoms with E-state index in [2.05, 4.69) is 10.5 Å². The molecule has 1 unspecified atom stereocenters. The zero-order chi connectivity index (χ0) is 10.1. The lowest BCUT2D eigenvalue weighted by molar-refractivity contribution is 0.117. The number of nitrogens with one attached hydrogen (secondary N) is 1. The topological polar surface area (TPSA) is 79.9 Å². The van der Waals surface area contributed by atoms with E-state index in [9.17, 15) is 0 Å². The molecule has 0 aromatic rings. The lowest BCUT2D eigenvalue weighted by atomic mass is 10.3. The maximum atomic E-state index is 8.24. The predicted molar refractivity (Wildman–Crippen MR) is 52.0 cm³/mol. The van der Waals surface area contributed by atoms with Gasteiger partial charge in [0, 0.05) is 20.1 Å². The SMILES string of the molecule is COC(C)CNCCCC(N)=NO. The van der Waals surface area contributed by atoms with Gasteiger partial charge in [0.1, 0.15) is 5.84 Å². The fourth-order valence-electron chi connectivity index (χ4n) is 0.833. The molecule has 0 fully saturated rings. The third-order valence-electron chi connectivity index (χ3n) is 1.75. The lowest BCUT2D eigenvalue weighted by Gasteiger charge is -2.09. The van der Waals surface area contributed by atoms with Crippen LogP contribution in [0.25, 0.3) is 0 Å². The van der Waals surface area contributed by atoms with E-state index in [0.717, 1.165) is 19.5 Å². The van der Waals surface area contributed by atoms with Crippen LogP contribution in [0.3, 0.4) is 0 Å². The Kier molecular flexibility index (Phi) is 7.33. The summed E-state index contributed by atoms with van der Waals surface area (Å²) in [6.07, 6.45) is 1.71. The summed E-state index contributed by atoms with van der Waals surface area (Å²) in [5, 5.41) is 14.3. The molecule has 0 radical (unpaired) electrons. The summed E-state index contributed by atoms with van der Waals surface area (Å²) in [4.78, 5) is 0. The minimum atomic E-state index is 0.226. The standard InChI is InChI=1S/C8H19N3O2/c1-7(13-2)6-10-5-3-4-8(9)11-12/h7,10,12H,3-6H2,1-2H3,(H2,9,11). The Morgan fingerprint density at radius 1 is 1.69 bits per heavy atom. The molecule has 0 aromatic heterocycles. The smallest absolute Gasteiger partial charge is 0.139 e. The van der Waals surface area contributed by atoms with Crippen LogP contribution in [-0.2, 0) is 4.74 Å². The molecule has 0 aliphatic carbocycles. The average molecular weight is 189 g/mol. The highest BCUT2D eigenvalue weighted by Crippen LogP contribution is 1.88. The van der Waals surface area contributed by atoms with Crippen LogP contribution in [0.1, 0.15) is 19.8 Å². The molecule has 0 saturated carbocycles. The van der Waals surface area contributed by atoms with Gasteiger partial charge in [-0.1, -0.05) is 5.16 Å². The molecule has 5 nitrogen and oxygen atoms in total. The highest BCUT2D eigenvalue weighted by molar-refractivity contribution is 5.79. The van der Waals surface area contributed by atoms with E-state index in [1.54, 1.807) is 7.11 Å². The van der Waals surface area contributed by atoms with Gasteiger partial charge in [0.2, 0.25) is 0 Å². The Balaban J connectivity index is 3.17. The molecule has 0 heterocycles. The van der Waals surface area contributed by atoms with Gasteiger partial charge in [0.25, 0.3) is 0 Å². The van der Waals surface area contributed by atoms with Gasteiger partial charge in [0.15, 0.2) is 0 Å². The number of oxime groups is 1. The van der Waals surface area contributed by atoms with E-state index in [4.69, 9.17) is 15.7 Å². The van der Waals surface area contributed by atoms with Crippen molar-refractivity contribution in [3.8, 4) is 0 Å². The average Bonchev–Trinajstić information content (AvgIpc) is 2.16. The van der Waals surface area contributed by atoms with Crippen molar-refractivity contribution in [2.45, 2.75) is 25.9 Å². The number of hydrogen-bond acceptors (Lipinski definition) is 4. The molecule has 4 N–H and O–H groups in total. The van der Waals surface area contributed by atoms with Crippen molar-refractivity contribution in [2.75, 3.05) is 20.2 Å². The molecule has 0 aromatic carbocycles. The predicted octanol–water partition coefficient (Wildman–Crippen LogP) is 0.138. The molecule has 5 heteroatoms. The van der Waals surface area contributed by atoms with Crippen LogP contribution in [-0.4, -0.2) is 37.3 Å². The van der Waals surface area contributed by atoms with E-state index in [-0.39, 0.29) is 11.9 Å². The van der Waals surface area contributed by atoms with Crippen LogP contribution in [0, 0.1) is 0 Å². The second-order valence-corrected chi connectivity index (χ2v) is 2.95. The van der Waals surface area contributed by atoms with Gasteiger partial charge < -0.3 is 21.0 Å². The Morgan fingerprint density at radius 2 is 2.38 bits per heavy atom. The molecular formula is C8H19N3O2. The molecule has 0 aliphatic rings. The maximum Gasteiger partial charge on any atom is 0.139 e. The summed E-state index contributed by atoms with van der Waals surface area (Å²) in [6, 6.07) is 0. The first-order valence-electron chi connectivity index (χ1n) is 4.40. The van der Waals surface area contributed by atoms with Crippen molar-refractivity contribution in [2.24, 2.45) is 10.9 Å². The van der Waals surface area contributed by atoms with E-state index in [0.29, 0.717) is 6.42 Å². The molecule has 0 rings (SSSR count). The Morgan fingerprint density at radius 3 is 2.92 bits per heavy atom. The molecule has 0 spiro atoms. The fraction of sp³-hybridized carbons (Fsp3) is 0.875. The Labute approximate surface area is 78.9 Å². The highest BCUT2D eigenvalue weighted by atomic mass is 16.5. The third-order valence-corrected chi connectivity index (χ3v) is 1.75. The van der Waals surface area contributed by atoms with Crippen LogP contribution >= 0.6 is 0 Å². The molecule has 78 valence electrons. The molecule has 13 heavy (non-hydrogen) atoms. The van der Waals surface area contributed by atoms with E-state index < -0.39 is 0 Å². The van der Waals surface area contributed by atoms with E-state index >= 15 is 0 Å². The van der Waals surface area contributed by atoms with E-state index in [1.807, 2.05) is 6.92 Å². The first kappa shape index (κ1) is 12.2. The van der Waals surface area contributed by atoms with Gasteiger partial charge in [0.05, 0.1) is 6.10 Å². The van der Waals surface area contributed by atoms with Crippen molar-refractivity contribution >= 4 is 5.84 Å². The van der Waals surface area contributed by atoms with Gasteiger partial charge in [-0.3, -0.25) is 0 Å². The Hall–Kier alpha value is -0.810. The number of hydrogen-bond donors (Lipinski definition) is 3. The normalized spacial score (nSPS) is 14.5. The zero-order valence-corrected chi connectivity index (χ0v) is 8.29. The van der Waals surface area contributed by atoms with Crippen LogP contribution in [0.2, 0.25) is 0 Å². The highest BCUT2D eigenvalue weighted by Gasteiger charge is 1.97. The number of amidine groups is 1. The molecule has 0 amide bonds. The molecule has 1 atom stereocenters. The summed E-state index contributed by atoms with van der Waals surface area (Å²) in [5.74, 6) is 0.279. The summed E-state index contributed by atoms with van der Waals surface area (Å²) < 4.78 is 5.05. The van der Waals surface area contributed by atoms with Gasteiger partial charge in [-0.25, -0.2) is 0 Å².